The number of carbonyl (C=O) groups is 1. The minimum Gasteiger partial charge on any atom is -0.467 e. The van der Waals surface area contributed by atoms with E-state index in [-0.39, 0.29) is 11.8 Å². The summed E-state index contributed by atoms with van der Waals surface area (Å²) in [6, 6.07) is 14.0. The Bertz CT molecular complexity index is 659. The first-order chi connectivity index (χ1) is 10.1. The summed E-state index contributed by atoms with van der Waals surface area (Å²) in [5.74, 6) is -0.668. The largest absolute Gasteiger partial charge is 0.467 e. The number of benzene rings is 2. The highest BCUT2D eigenvalue weighted by Gasteiger charge is 2.45. The Morgan fingerprint density at radius 2 is 1.81 bits per heavy atom. The predicted octanol–water partition coefficient (Wildman–Crippen LogP) is 2.95. The van der Waals surface area contributed by atoms with E-state index in [2.05, 4.69) is 5.32 Å². The quantitative estimate of drug-likeness (QED) is 0.881. The highest BCUT2D eigenvalue weighted by atomic mass is 19.1. The molecule has 2 aromatic carbocycles. The molecule has 1 aliphatic carbocycles. The van der Waals surface area contributed by atoms with Gasteiger partial charge in [0.25, 0.3) is 0 Å². The molecule has 4 heteroatoms. The van der Waals surface area contributed by atoms with Gasteiger partial charge in [-0.2, -0.15) is 0 Å². The van der Waals surface area contributed by atoms with Crippen molar-refractivity contribution in [3.63, 3.8) is 0 Å². The van der Waals surface area contributed by atoms with Crippen LogP contribution >= 0.6 is 0 Å². The summed E-state index contributed by atoms with van der Waals surface area (Å²) in [5, 5.41) is 3.18. The Labute approximate surface area is 122 Å². The molecule has 0 radical (unpaired) electrons. The van der Waals surface area contributed by atoms with E-state index >= 15 is 0 Å². The molecule has 2 aromatic rings. The van der Waals surface area contributed by atoms with Crippen molar-refractivity contribution >= 4 is 11.7 Å². The van der Waals surface area contributed by atoms with E-state index in [1.807, 2.05) is 24.3 Å². The second kappa shape index (κ2) is 5.20. The zero-order valence-electron chi connectivity index (χ0n) is 11.7. The Balaban J connectivity index is 1.95. The van der Waals surface area contributed by atoms with Crippen molar-refractivity contribution in [2.45, 2.75) is 18.4 Å². The van der Waals surface area contributed by atoms with Gasteiger partial charge in [0, 0.05) is 18.5 Å². The fraction of sp³-hybridized carbons (Fsp3) is 0.235. The van der Waals surface area contributed by atoms with Crippen LogP contribution < -0.4 is 5.32 Å². The molecule has 0 saturated carbocycles. The maximum absolute atomic E-state index is 13.4. The summed E-state index contributed by atoms with van der Waals surface area (Å²) in [5.41, 5.74) is 1.94. The van der Waals surface area contributed by atoms with Crippen LogP contribution in [0, 0.1) is 5.82 Å². The third-order valence-corrected chi connectivity index (χ3v) is 3.89. The van der Waals surface area contributed by atoms with Gasteiger partial charge in [0.1, 0.15) is 11.4 Å². The molecule has 1 aliphatic rings. The first-order valence-corrected chi connectivity index (χ1v) is 6.82. The molecule has 0 bridgehead atoms. The summed E-state index contributed by atoms with van der Waals surface area (Å²) < 4.78 is 18.3. The first kappa shape index (κ1) is 13.6. The molecule has 0 heterocycles. The van der Waals surface area contributed by atoms with Crippen molar-refractivity contribution in [3.8, 4) is 0 Å². The van der Waals surface area contributed by atoms with E-state index in [1.54, 1.807) is 12.1 Å². The summed E-state index contributed by atoms with van der Waals surface area (Å²) in [6.45, 7) is 0. The fourth-order valence-electron chi connectivity index (χ4n) is 2.94. The zero-order valence-corrected chi connectivity index (χ0v) is 11.7. The van der Waals surface area contributed by atoms with Crippen LogP contribution in [0.3, 0.4) is 0 Å². The number of hydrogen-bond donors (Lipinski definition) is 1. The van der Waals surface area contributed by atoms with Crippen molar-refractivity contribution in [1.29, 1.82) is 0 Å². The summed E-state index contributed by atoms with van der Waals surface area (Å²) in [6.07, 6.45) is 1.07. The molecule has 21 heavy (non-hydrogen) atoms. The second-order valence-corrected chi connectivity index (χ2v) is 5.33. The number of fused-ring (bicyclic) bond motifs is 1. The normalized spacial score (nSPS) is 15.3. The van der Waals surface area contributed by atoms with Crippen molar-refractivity contribution in [2.24, 2.45) is 0 Å². The third-order valence-electron chi connectivity index (χ3n) is 3.89. The van der Waals surface area contributed by atoms with E-state index in [1.165, 1.54) is 19.2 Å². The van der Waals surface area contributed by atoms with Gasteiger partial charge in [-0.05, 0) is 29.3 Å². The molecule has 0 aliphatic heterocycles. The Morgan fingerprint density at radius 1 is 1.14 bits per heavy atom. The molecule has 0 aromatic heterocycles. The average Bonchev–Trinajstić information content (AvgIpc) is 2.85. The van der Waals surface area contributed by atoms with Gasteiger partial charge in [0.05, 0.1) is 7.11 Å². The molecule has 108 valence electrons. The molecule has 0 amide bonds. The third kappa shape index (κ3) is 2.49. The lowest BCUT2D eigenvalue weighted by Crippen LogP contribution is -2.48. The van der Waals surface area contributed by atoms with E-state index in [4.69, 9.17) is 4.74 Å². The summed E-state index contributed by atoms with van der Waals surface area (Å²) in [4.78, 5) is 12.3. The van der Waals surface area contributed by atoms with Crippen LogP contribution in [0.4, 0.5) is 10.1 Å². The van der Waals surface area contributed by atoms with E-state index in [9.17, 15) is 9.18 Å². The number of carbonyl (C=O) groups excluding carboxylic acids is 1. The second-order valence-electron chi connectivity index (χ2n) is 5.33. The summed E-state index contributed by atoms with van der Waals surface area (Å²) in [7, 11) is 1.38. The SMILES string of the molecule is COC(=O)C1(Nc2cccc(F)c2)Cc2ccccc2C1. The molecule has 0 saturated heterocycles. The molecule has 0 spiro atoms. The zero-order chi connectivity index (χ0) is 14.9. The van der Waals surface area contributed by atoms with Crippen molar-refractivity contribution in [1.82, 2.24) is 0 Å². The van der Waals surface area contributed by atoms with Crippen LogP contribution in [0.25, 0.3) is 0 Å². The van der Waals surface area contributed by atoms with Crippen molar-refractivity contribution in [2.75, 3.05) is 12.4 Å². The van der Waals surface area contributed by atoms with Gasteiger partial charge < -0.3 is 10.1 Å². The van der Waals surface area contributed by atoms with Gasteiger partial charge in [0.2, 0.25) is 0 Å². The number of anilines is 1. The molecule has 0 atom stereocenters. The number of methoxy groups -OCH3 is 1. The monoisotopic (exact) mass is 285 g/mol. The van der Waals surface area contributed by atoms with Crippen LogP contribution in [0.2, 0.25) is 0 Å². The number of esters is 1. The number of halogens is 1. The lowest BCUT2D eigenvalue weighted by atomic mass is 9.95. The number of hydrogen-bond acceptors (Lipinski definition) is 3. The molecule has 3 nitrogen and oxygen atoms in total. The molecule has 3 rings (SSSR count). The van der Waals surface area contributed by atoms with E-state index in [0.29, 0.717) is 18.5 Å². The van der Waals surface area contributed by atoms with E-state index in [0.717, 1.165) is 11.1 Å². The topological polar surface area (TPSA) is 38.3 Å². The highest BCUT2D eigenvalue weighted by Crippen LogP contribution is 2.34. The standard InChI is InChI=1S/C17H16FNO2/c1-21-16(20)17(19-15-8-4-7-14(18)9-15)10-12-5-2-3-6-13(12)11-17/h2-9,19H,10-11H2,1H3. The molecule has 1 N–H and O–H groups in total. The molecule has 0 unspecified atom stereocenters. The predicted molar refractivity (Wildman–Crippen MR) is 78.6 cm³/mol. The lowest BCUT2D eigenvalue weighted by molar-refractivity contribution is -0.145. The number of rotatable bonds is 3. The van der Waals surface area contributed by atoms with Gasteiger partial charge in [-0.3, -0.25) is 0 Å². The van der Waals surface area contributed by atoms with Crippen molar-refractivity contribution in [3.05, 3.63) is 65.5 Å². The van der Waals surface area contributed by atoms with Crippen LogP contribution in [0.5, 0.6) is 0 Å². The maximum atomic E-state index is 13.4. The van der Waals surface area contributed by atoms with Crippen LogP contribution in [0.15, 0.2) is 48.5 Å². The lowest BCUT2D eigenvalue weighted by Gasteiger charge is -2.28. The smallest absolute Gasteiger partial charge is 0.332 e. The molecule has 0 fully saturated rings. The Hall–Kier alpha value is -2.36. The van der Waals surface area contributed by atoms with Gasteiger partial charge >= 0.3 is 5.97 Å². The maximum Gasteiger partial charge on any atom is 0.332 e. The van der Waals surface area contributed by atoms with Crippen molar-refractivity contribution < 1.29 is 13.9 Å². The molecular weight excluding hydrogens is 269 g/mol. The van der Waals surface area contributed by atoms with Gasteiger partial charge in [-0.1, -0.05) is 30.3 Å². The summed E-state index contributed by atoms with van der Waals surface area (Å²) >= 11 is 0. The van der Waals surface area contributed by atoms with Crippen LogP contribution in [-0.2, 0) is 22.4 Å². The fourth-order valence-corrected chi connectivity index (χ4v) is 2.94. The minimum atomic E-state index is -0.869. The first-order valence-electron chi connectivity index (χ1n) is 6.82. The average molecular weight is 285 g/mol. The molecular formula is C17H16FNO2. The minimum absolute atomic E-state index is 0.331. The number of nitrogens with one attached hydrogen (secondary N) is 1. The Morgan fingerprint density at radius 3 is 2.38 bits per heavy atom. The van der Waals surface area contributed by atoms with Gasteiger partial charge in [0.15, 0.2) is 0 Å². The van der Waals surface area contributed by atoms with Crippen LogP contribution in [-0.4, -0.2) is 18.6 Å². The van der Waals surface area contributed by atoms with Crippen LogP contribution in [0.1, 0.15) is 11.1 Å². The highest BCUT2D eigenvalue weighted by molar-refractivity contribution is 5.86. The van der Waals surface area contributed by atoms with Gasteiger partial charge in [-0.25, -0.2) is 9.18 Å². The van der Waals surface area contributed by atoms with Gasteiger partial charge in [-0.15, -0.1) is 0 Å². The Kier molecular flexibility index (Phi) is 3.37. The number of ether oxygens (including phenoxy) is 1. The van der Waals surface area contributed by atoms with E-state index < -0.39 is 5.54 Å².